The molecule has 0 radical (unpaired) electrons. The molecule has 0 aliphatic rings. The lowest BCUT2D eigenvalue weighted by atomic mass is 10.2. The maximum atomic E-state index is 12.7. The van der Waals surface area contributed by atoms with E-state index in [0.29, 0.717) is 29.4 Å². The molecule has 0 spiro atoms. The molecule has 8 nitrogen and oxygen atoms in total. The van der Waals surface area contributed by atoms with Crippen LogP contribution >= 0.6 is 11.8 Å². The number of nitrogens with one attached hydrogen (secondary N) is 2. The molecule has 2 N–H and O–H groups in total. The summed E-state index contributed by atoms with van der Waals surface area (Å²) in [7, 11) is -1.98. The van der Waals surface area contributed by atoms with Crippen molar-refractivity contribution in [3.63, 3.8) is 0 Å². The summed E-state index contributed by atoms with van der Waals surface area (Å²) in [4.78, 5) is 16.8. The quantitative estimate of drug-likeness (QED) is 0.509. The Morgan fingerprint density at radius 3 is 2.70 bits per heavy atom. The van der Waals surface area contributed by atoms with Crippen molar-refractivity contribution in [2.45, 2.75) is 26.0 Å². The minimum absolute atomic E-state index is 0.0923. The highest BCUT2D eigenvalue weighted by molar-refractivity contribution is 7.98. The Kier molecular flexibility index (Phi) is 9.41. The highest BCUT2D eigenvalue weighted by Gasteiger charge is 2.23. The van der Waals surface area contributed by atoms with Gasteiger partial charge in [-0.2, -0.15) is 11.8 Å². The first kappa shape index (κ1) is 24.0. The van der Waals surface area contributed by atoms with Crippen LogP contribution in [0.15, 0.2) is 42.7 Å². The number of methoxy groups -OCH3 is 1. The molecule has 1 aromatic heterocycles. The summed E-state index contributed by atoms with van der Waals surface area (Å²) < 4.78 is 37.5. The average molecular weight is 454 g/mol. The first-order chi connectivity index (χ1) is 14.4. The molecule has 0 aliphatic heterocycles. The first-order valence-electron chi connectivity index (χ1n) is 9.38. The zero-order chi connectivity index (χ0) is 22.0. The molecular weight excluding hydrogens is 426 g/mol. The van der Waals surface area contributed by atoms with Crippen LogP contribution in [0.5, 0.6) is 11.5 Å². The monoisotopic (exact) mass is 453 g/mol. The fraction of sp³-hybridized carbons (Fsp3) is 0.400. The molecule has 0 saturated carbocycles. The summed E-state index contributed by atoms with van der Waals surface area (Å²) in [6, 6.07) is 7.85. The van der Waals surface area contributed by atoms with Crippen LogP contribution in [0.2, 0.25) is 0 Å². The number of thioether (sulfide) groups is 1. The van der Waals surface area contributed by atoms with Gasteiger partial charge in [0.05, 0.1) is 12.9 Å². The summed E-state index contributed by atoms with van der Waals surface area (Å²) >= 11 is 1.54. The number of sulfonamides is 1. The number of pyridine rings is 1. The second-order valence-electron chi connectivity index (χ2n) is 6.36. The van der Waals surface area contributed by atoms with Gasteiger partial charge < -0.3 is 14.8 Å². The Balaban J connectivity index is 2.13. The molecule has 1 amide bonds. The maximum Gasteiger partial charge on any atom is 0.242 e. The molecular formula is C20H27N3O5S2. The fourth-order valence-corrected chi connectivity index (χ4v) is 3.82. The molecule has 2 rings (SSSR count). The van der Waals surface area contributed by atoms with Crippen molar-refractivity contribution in [3.05, 3.63) is 48.3 Å². The van der Waals surface area contributed by atoms with Crippen LogP contribution in [-0.4, -0.2) is 50.2 Å². The standard InChI is InChI=1S/C20H27N3O5S2/c1-4-30(25,26)23-17(9-11-29-3)20(24)22-16-7-8-18(27-2)19(12-16)28-14-15-6-5-10-21-13-15/h5-8,10,12-13,17,23H,4,9,11,14H2,1-3H3,(H,22,24). The van der Waals surface area contributed by atoms with Crippen LogP contribution in [0.25, 0.3) is 0 Å². The highest BCUT2D eigenvalue weighted by Crippen LogP contribution is 2.31. The third-order valence-corrected chi connectivity index (χ3v) is 6.22. The lowest BCUT2D eigenvalue weighted by molar-refractivity contribution is -0.117. The second kappa shape index (κ2) is 11.8. The molecule has 10 heteroatoms. The molecule has 0 saturated heterocycles. The summed E-state index contributed by atoms with van der Waals surface area (Å²) in [5.41, 5.74) is 1.37. The minimum atomic E-state index is -3.52. The van der Waals surface area contributed by atoms with Crippen molar-refractivity contribution in [2.75, 3.05) is 30.2 Å². The SMILES string of the molecule is CCS(=O)(=O)NC(CCSC)C(=O)Nc1ccc(OC)c(OCc2cccnc2)c1. The number of rotatable bonds is 12. The zero-order valence-electron chi connectivity index (χ0n) is 17.3. The molecule has 0 bridgehead atoms. The van der Waals surface area contributed by atoms with Gasteiger partial charge in [0.2, 0.25) is 15.9 Å². The number of ether oxygens (including phenoxy) is 2. The lowest BCUT2D eigenvalue weighted by Crippen LogP contribution is -2.44. The number of amides is 1. The number of anilines is 1. The molecule has 1 aromatic carbocycles. The van der Waals surface area contributed by atoms with E-state index in [0.717, 1.165) is 5.56 Å². The summed E-state index contributed by atoms with van der Waals surface area (Å²) in [6.07, 6.45) is 5.67. The van der Waals surface area contributed by atoms with Crippen LogP contribution in [0.1, 0.15) is 18.9 Å². The third kappa shape index (κ3) is 7.51. The van der Waals surface area contributed by atoms with E-state index in [2.05, 4.69) is 15.0 Å². The zero-order valence-corrected chi connectivity index (χ0v) is 18.9. The van der Waals surface area contributed by atoms with Crippen LogP contribution in [0.4, 0.5) is 5.69 Å². The Morgan fingerprint density at radius 2 is 2.07 bits per heavy atom. The van der Waals surface area contributed by atoms with Gasteiger partial charge in [0.15, 0.2) is 11.5 Å². The van der Waals surface area contributed by atoms with Crippen molar-refractivity contribution < 1.29 is 22.7 Å². The van der Waals surface area contributed by atoms with E-state index in [1.807, 2.05) is 18.4 Å². The molecule has 1 unspecified atom stereocenters. The number of hydrogen-bond acceptors (Lipinski definition) is 7. The number of nitrogens with zero attached hydrogens (tertiary/aromatic N) is 1. The van der Waals surface area contributed by atoms with Crippen LogP contribution in [0.3, 0.4) is 0 Å². The van der Waals surface area contributed by atoms with E-state index in [9.17, 15) is 13.2 Å². The van der Waals surface area contributed by atoms with Gasteiger partial charge in [-0.05, 0) is 43.6 Å². The fourth-order valence-electron chi connectivity index (χ4n) is 2.52. The van der Waals surface area contributed by atoms with Gasteiger partial charge in [-0.1, -0.05) is 6.07 Å². The summed E-state index contributed by atoms with van der Waals surface area (Å²) in [5, 5.41) is 2.76. The van der Waals surface area contributed by atoms with E-state index >= 15 is 0 Å². The maximum absolute atomic E-state index is 12.7. The largest absolute Gasteiger partial charge is 0.493 e. The third-order valence-electron chi connectivity index (χ3n) is 4.18. The van der Waals surface area contributed by atoms with Gasteiger partial charge >= 0.3 is 0 Å². The van der Waals surface area contributed by atoms with Gasteiger partial charge in [-0.25, -0.2) is 13.1 Å². The van der Waals surface area contributed by atoms with E-state index in [1.54, 1.807) is 42.4 Å². The average Bonchev–Trinajstić information content (AvgIpc) is 2.76. The van der Waals surface area contributed by atoms with E-state index < -0.39 is 22.0 Å². The normalized spacial score (nSPS) is 12.2. The van der Waals surface area contributed by atoms with Gasteiger partial charge in [0.1, 0.15) is 12.6 Å². The molecule has 30 heavy (non-hydrogen) atoms. The van der Waals surface area contributed by atoms with Gasteiger partial charge in [0.25, 0.3) is 0 Å². The van der Waals surface area contributed by atoms with E-state index in [1.165, 1.54) is 14.0 Å². The van der Waals surface area contributed by atoms with Crippen molar-refractivity contribution in [3.8, 4) is 11.5 Å². The van der Waals surface area contributed by atoms with Crippen molar-refractivity contribution in [1.82, 2.24) is 9.71 Å². The molecule has 0 aliphatic carbocycles. The molecule has 164 valence electrons. The van der Waals surface area contributed by atoms with Crippen LogP contribution in [-0.2, 0) is 21.4 Å². The Hall–Kier alpha value is -2.30. The first-order valence-corrected chi connectivity index (χ1v) is 12.4. The number of carbonyl (C=O) groups excluding carboxylic acids is 1. The number of hydrogen-bond donors (Lipinski definition) is 2. The Morgan fingerprint density at radius 1 is 1.27 bits per heavy atom. The van der Waals surface area contributed by atoms with Gasteiger partial charge in [-0.15, -0.1) is 0 Å². The number of carbonyl (C=O) groups is 1. The number of aromatic nitrogens is 1. The van der Waals surface area contributed by atoms with Gasteiger partial charge in [-0.3, -0.25) is 9.78 Å². The lowest BCUT2D eigenvalue weighted by Gasteiger charge is -2.18. The van der Waals surface area contributed by atoms with Crippen molar-refractivity contribution in [1.29, 1.82) is 0 Å². The predicted octanol–water partition coefficient (Wildman–Crippen LogP) is 2.67. The Bertz CT molecular complexity index is 923. The highest BCUT2D eigenvalue weighted by atomic mass is 32.2. The Labute approximate surface area is 181 Å². The summed E-state index contributed by atoms with van der Waals surface area (Å²) in [6.45, 7) is 1.81. The van der Waals surface area contributed by atoms with Gasteiger partial charge in [0, 0.05) is 29.7 Å². The van der Waals surface area contributed by atoms with Crippen molar-refractivity contribution in [2.24, 2.45) is 0 Å². The number of benzene rings is 1. The van der Waals surface area contributed by atoms with Crippen LogP contribution < -0.4 is 19.5 Å². The second-order valence-corrected chi connectivity index (χ2v) is 9.39. The van der Waals surface area contributed by atoms with Crippen molar-refractivity contribution >= 4 is 33.4 Å². The molecule has 1 heterocycles. The molecule has 0 fully saturated rings. The molecule has 2 aromatic rings. The van der Waals surface area contributed by atoms with Crippen LogP contribution in [0, 0.1) is 0 Å². The van der Waals surface area contributed by atoms with E-state index in [4.69, 9.17) is 9.47 Å². The minimum Gasteiger partial charge on any atom is -0.493 e. The topological polar surface area (TPSA) is 107 Å². The van der Waals surface area contributed by atoms with E-state index in [-0.39, 0.29) is 12.4 Å². The summed E-state index contributed by atoms with van der Waals surface area (Å²) in [5.74, 6) is 1.10. The smallest absolute Gasteiger partial charge is 0.242 e. The predicted molar refractivity (Wildman–Crippen MR) is 120 cm³/mol. The molecule has 1 atom stereocenters.